The molecule has 0 aromatic heterocycles. The van der Waals surface area contributed by atoms with E-state index in [4.69, 9.17) is 11.6 Å². The van der Waals surface area contributed by atoms with Gasteiger partial charge in [-0.05, 0) is 17.2 Å². The van der Waals surface area contributed by atoms with Crippen molar-refractivity contribution in [2.75, 3.05) is 0 Å². The van der Waals surface area contributed by atoms with Crippen LogP contribution >= 0.6 is 11.6 Å². The first-order valence-electron chi connectivity index (χ1n) is 5.08. The summed E-state index contributed by atoms with van der Waals surface area (Å²) < 4.78 is 0. The Morgan fingerprint density at radius 1 is 0.867 bits per heavy atom. The summed E-state index contributed by atoms with van der Waals surface area (Å²) in [7, 11) is 0. The standard InChI is InChI=1S/C14H13Cl/c1-11(12-7-3-2-4-8-12)13-9-5-6-10-14(13)15/h2-11H,1H3/t11-/m1/s1. The second-order valence-corrected chi connectivity index (χ2v) is 4.06. The van der Waals surface area contributed by atoms with Crippen LogP contribution in [0, 0.1) is 0 Å². The minimum Gasteiger partial charge on any atom is -0.0840 e. The zero-order valence-corrected chi connectivity index (χ0v) is 9.41. The first kappa shape index (κ1) is 10.3. The van der Waals surface area contributed by atoms with Gasteiger partial charge in [-0.3, -0.25) is 0 Å². The van der Waals surface area contributed by atoms with Crippen molar-refractivity contribution in [3.05, 3.63) is 70.7 Å². The predicted octanol–water partition coefficient (Wildman–Crippen LogP) is 4.49. The van der Waals surface area contributed by atoms with E-state index in [1.54, 1.807) is 0 Å². The fourth-order valence-electron chi connectivity index (χ4n) is 1.75. The van der Waals surface area contributed by atoms with Gasteiger partial charge in [0.1, 0.15) is 0 Å². The van der Waals surface area contributed by atoms with Crippen molar-refractivity contribution in [3.63, 3.8) is 0 Å². The monoisotopic (exact) mass is 216 g/mol. The van der Waals surface area contributed by atoms with E-state index in [0.717, 1.165) is 5.02 Å². The van der Waals surface area contributed by atoms with E-state index in [1.807, 2.05) is 24.3 Å². The van der Waals surface area contributed by atoms with Crippen LogP contribution in [-0.4, -0.2) is 0 Å². The molecule has 0 heterocycles. The Balaban J connectivity index is 2.37. The van der Waals surface area contributed by atoms with E-state index in [-0.39, 0.29) is 0 Å². The van der Waals surface area contributed by atoms with Crippen LogP contribution in [0.25, 0.3) is 0 Å². The Kier molecular flexibility index (Phi) is 3.08. The van der Waals surface area contributed by atoms with E-state index in [9.17, 15) is 0 Å². The van der Waals surface area contributed by atoms with Crippen LogP contribution in [0.4, 0.5) is 0 Å². The van der Waals surface area contributed by atoms with E-state index < -0.39 is 0 Å². The van der Waals surface area contributed by atoms with Gasteiger partial charge in [0.15, 0.2) is 0 Å². The third-order valence-electron chi connectivity index (χ3n) is 2.67. The zero-order chi connectivity index (χ0) is 10.7. The summed E-state index contributed by atoms with van der Waals surface area (Å²) in [5, 5.41) is 0.842. The molecule has 0 saturated heterocycles. The fourth-order valence-corrected chi connectivity index (χ4v) is 2.05. The minimum absolute atomic E-state index is 0.347. The van der Waals surface area contributed by atoms with Crippen LogP contribution in [0.15, 0.2) is 54.6 Å². The Morgan fingerprint density at radius 2 is 1.47 bits per heavy atom. The molecule has 2 rings (SSSR count). The van der Waals surface area contributed by atoms with E-state index in [2.05, 4.69) is 37.3 Å². The van der Waals surface area contributed by atoms with Gasteiger partial charge in [-0.1, -0.05) is 67.1 Å². The van der Waals surface area contributed by atoms with Gasteiger partial charge in [0, 0.05) is 10.9 Å². The highest BCUT2D eigenvalue weighted by Gasteiger charge is 2.10. The van der Waals surface area contributed by atoms with Crippen LogP contribution in [0.2, 0.25) is 5.02 Å². The maximum Gasteiger partial charge on any atom is 0.0444 e. The van der Waals surface area contributed by atoms with Crippen molar-refractivity contribution >= 4 is 11.6 Å². The molecule has 0 amide bonds. The normalized spacial score (nSPS) is 12.4. The third kappa shape index (κ3) is 2.21. The Morgan fingerprint density at radius 3 is 2.13 bits per heavy atom. The Bertz CT molecular complexity index is 434. The molecule has 2 aromatic rings. The molecule has 15 heavy (non-hydrogen) atoms. The number of rotatable bonds is 2. The van der Waals surface area contributed by atoms with Crippen LogP contribution in [0.3, 0.4) is 0 Å². The largest absolute Gasteiger partial charge is 0.0840 e. The van der Waals surface area contributed by atoms with Crippen molar-refractivity contribution in [3.8, 4) is 0 Å². The molecule has 0 unspecified atom stereocenters. The number of hydrogen-bond donors (Lipinski definition) is 0. The maximum atomic E-state index is 6.17. The highest BCUT2D eigenvalue weighted by atomic mass is 35.5. The average molecular weight is 217 g/mol. The molecule has 0 aliphatic heterocycles. The van der Waals surface area contributed by atoms with Crippen molar-refractivity contribution in [1.82, 2.24) is 0 Å². The third-order valence-corrected chi connectivity index (χ3v) is 3.02. The second kappa shape index (κ2) is 4.50. The summed E-state index contributed by atoms with van der Waals surface area (Å²) in [5.41, 5.74) is 2.48. The summed E-state index contributed by atoms with van der Waals surface area (Å²) in [6.07, 6.45) is 0. The Hall–Kier alpha value is -1.27. The molecule has 0 aliphatic carbocycles. The number of hydrogen-bond acceptors (Lipinski definition) is 0. The molecule has 0 nitrogen and oxygen atoms in total. The highest BCUT2D eigenvalue weighted by Crippen LogP contribution is 2.29. The van der Waals surface area contributed by atoms with Gasteiger partial charge in [-0.15, -0.1) is 0 Å². The summed E-state index contributed by atoms with van der Waals surface area (Å²) in [4.78, 5) is 0. The van der Waals surface area contributed by atoms with Crippen LogP contribution in [0.5, 0.6) is 0 Å². The lowest BCUT2D eigenvalue weighted by atomic mass is 9.93. The van der Waals surface area contributed by atoms with Gasteiger partial charge in [0.05, 0.1) is 0 Å². The quantitative estimate of drug-likeness (QED) is 0.694. The average Bonchev–Trinajstić information content (AvgIpc) is 2.30. The molecule has 1 heteroatoms. The number of benzene rings is 2. The first-order valence-corrected chi connectivity index (χ1v) is 5.46. The summed E-state index contributed by atoms with van der Waals surface area (Å²) in [5.74, 6) is 0.347. The predicted molar refractivity (Wildman–Crippen MR) is 65.4 cm³/mol. The smallest absolute Gasteiger partial charge is 0.0444 e. The maximum absolute atomic E-state index is 6.17. The zero-order valence-electron chi connectivity index (χ0n) is 8.65. The molecule has 76 valence electrons. The van der Waals surface area contributed by atoms with E-state index in [0.29, 0.717) is 5.92 Å². The fraction of sp³-hybridized carbons (Fsp3) is 0.143. The first-order chi connectivity index (χ1) is 7.29. The SMILES string of the molecule is C[C@H](c1ccccc1)c1ccccc1Cl. The van der Waals surface area contributed by atoms with Gasteiger partial charge in [-0.25, -0.2) is 0 Å². The molecule has 0 aliphatic rings. The van der Waals surface area contributed by atoms with Crippen molar-refractivity contribution < 1.29 is 0 Å². The molecular weight excluding hydrogens is 204 g/mol. The van der Waals surface area contributed by atoms with Gasteiger partial charge in [0.25, 0.3) is 0 Å². The van der Waals surface area contributed by atoms with Gasteiger partial charge in [0.2, 0.25) is 0 Å². The van der Waals surface area contributed by atoms with E-state index in [1.165, 1.54) is 11.1 Å². The molecule has 0 bridgehead atoms. The molecule has 0 spiro atoms. The van der Waals surface area contributed by atoms with Gasteiger partial charge < -0.3 is 0 Å². The van der Waals surface area contributed by atoms with Crippen molar-refractivity contribution in [1.29, 1.82) is 0 Å². The minimum atomic E-state index is 0.347. The molecule has 0 saturated carbocycles. The summed E-state index contributed by atoms with van der Waals surface area (Å²) >= 11 is 6.17. The molecule has 0 N–H and O–H groups in total. The summed E-state index contributed by atoms with van der Waals surface area (Å²) in [6.45, 7) is 2.18. The van der Waals surface area contributed by atoms with Crippen molar-refractivity contribution in [2.24, 2.45) is 0 Å². The highest BCUT2D eigenvalue weighted by molar-refractivity contribution is 6.31. The molecule has 1 atom stereocenters. The van der Waals surface area contributed by atoms with Crippen LogP contribution in [0.1, 0.15) is 24.0 Å². The van der Waals surface area contributed by atoms with E-state index >= 15 is 0 Å². The van der Waals surface area contributed by atoms with Crippen LogP contribution in [-0.2, 0) is 0 Å². The lowest BCUT2D eigenvalue weighted by Crippen LogP contribution is -1.96. The molecule has 0 fully saturated rings. The lowest BCUT2D eigenvalue weighted by Gasteiger charge is -2.13. The van der Waals surface area contributed by atoms with Crippen molar-refractivity contribution in [2.45, 2.75) is 12.8 Å². The molecule has 0 radical (unpaired) electrons. The topological polar surface area (TPSA) is 0 Å². The van der Waals surface area contributed by atoms with Gasteiger partial charge in [-0.2, -0.15) is 0 Å². The molecular formula is C14H13Cl. The van der Waals surface area contributed by atoms with Crippen LogP contribution < -0.4 is 0 Å². The molecule has 2 aromatic carbocycles. The number of halogens is 1. The summed E-state index contributed by atoms with van der Waals surface area (Å²) in [6, 6.07) is 18.4. The van der Waals surface area contributed by atoms with Gasteiger partial charge >= 0.3 is 0 Å². The Labute approximate surface area is 95.5 Å². The second-order valence-electron chi connectivity index (χ2n) is 3.65. The lowest BCUT2D eigenvalue weighted by molar-refractivity contribution is 0.923.